The summed E-state index contributed by atoms with van der Waals surface area (Å²) in [6.07, 6.45) is 0. The van der Waals surface area contributed by atoms with Gasteiger partial charge in [0.05, 0.1) is 17.9 Å². The highest BCUT2D eigenvalue weighted by Gasteiger charge is 2.40. The normalized spacial score (nSPS) is 16.0. The number of hydrogen-bond acceptors (Lipinski definition) is 4. The van der Waals surface area contributed by atoms with Gasteiger partial charge in [0.1, 0.15) is 0 Å². The van der Waals surface area contributed by atoms with Crippen molar-refractivity contribution in [1.29, 1.82) is 0 Å². The molecule has 1 aromatic heterocycles. The molecule has 234 valence electrons. The lowest BCUT2D eigenvalue weighted by Gasteiger charge is -2.32. The lowest BCUT2D eigenvalue weighted by Crippen LogP contribution is -2.34. The summed E-state index contributed by atoms with van der Waals surface area (Å²) >= 11 is 1.84. The molecule has 1 aliphatic carbocycles. The van der Waals surface area contributed by atoms with Gasteiger partial charge >= 0.3 is 7.12 Å². The maximum Gasteiger partial charge on any atom is 0.494 e. The van der Waals surface area contributed by atoms with Crippen molar-refractivity contribution in [2.45, 2.75) is 38.7 Å². The summed E-state index contributed by atoms with van der Waals surface area (Å²) in [7, 11) is -0.351. The number of thiophene rings is 1. The third-order valence-corrected chi connectivity index (χ3v) is 11.2. The second kappa shape index (κ2) is 10.9. The molecule has 0 bridgehead atoms. The van der Waals surface area contributed by atoms with Crippen molar-refractivity contribution in [3.8, 4) is 22.3 Å². The molecular weight excluding hydrogens is 605 g/mol. The fraction of sp³-hybridized carbons (Fsp3) is 0.163. The number of fused-ring (bicyclic) bond motifs is 6. The highest BCUT2D eigenvalue weighted by atomic mass is 32.1. The van der Waals surface area contributed by atoms with E-state index in [9.17, 15) is 0 Å². The Hall–Kier alpha value is -4.68. The second-order valence-corrected chi connectivity index (χ2v) is 15.3. The molecule has 9 rings (SSSR count). The van der Waals surface area contributed by atoms with Crippen LogP contribution in [0.4, 0.5) is 17.1 Å². The van der Waals surface area contributed by atoms with Gasteiger partial charge in [-0.15, -0.1) is 11.3 Å². The molecule has 48 heavy (non-hydrogen) atoms. The van der Waals surface area contributed by atoms with Crippen LogP contribution in [0, 0.1) is 0 Å². The molecule has 7 aromatic rings. The molecule has 0 unspecified atom stereocenters. The van der Waals surface area contributed by atoms with Crippen molar-refractivity contribution in [1.82, 2.24) is 0 Å². The van der Waals surface area contributed by atoms with Crippen LogP contribution in [-0.4, -0.2) is 19.3 Å². The van der Waals surface area contributed by atoms with Crippen molar-refractivity contribution in [2.24, 2.45) is 0 Å². The van der Waals surface area contributed by atoms with Gasteiger partial charge in [-0.2, -0.15) is 0 Å². The maximum absolute atomic E-state index is 6.26. The third kappa shape index (κ3) is 4.72. The van der Waals surface area contributed by atoms with Crippen LogP contribution >= 0.6 is 11.3 Å². The first-order chi connectivity index (χ1) is 23.3. The molecule has 0 spiro atoms. The summed E-state index contributed by atoms with van der Waals surface area (Å²) < 4.78 is 14.9. The fourth-order valence-corrected chi connectivity index (χ4v) is 8.82. The minimum Gasteiger partial charge on any atom is -0.404 e. The molecule has 1 fully saturated rings. The first-order valence-electron chi connectivity index (χ1n) is 16.7. The average Bonchev–Trinajstić information content (AvgIpc) is 3.74. The molecule has 5 heteroatoms. The second-order valence-electron chi connectivity index (χ2n) is 14.2. The molecule has 3 nitrogen and oxygen atoms in total. The summed E-state index contributed by atoms with van der Waals surface area (Å²) in [4.78, 5) is 2.47. The van der Waals surface area contributed by atoms with Gasteiger partial charge in [0.2, 0.25) is 0 Å². The van der Waals surface area contributed by atoms with Crippen LogP contribution in [-0.2, 0) is 14.7 Å². The number of benzene rings is 6. The van der Waals surface area contributed by atoms with E-state index in [0.29, 0.717) is 6.61 Å². The Morgan fingerprint density at radius 2 is 1.31 bits per heavy atom. The van der Waals surface area contributed by atoms with E-state index in [0.717, 1.165) is 16.8 Å². The predicted molar refractivity (Wildman–Crippen MR) is 204 cm³/mol. The minimum atomic E-state index is -0.351. The Morgan fingerprint density at radius 1 is 0.625 bits per heavy atom. The Morgan fingerprint density at radius 3 is 2.12 bits per heavy atom. The van der Waals surface area contributed by atoms with E-state index >= 15 is 0 Å². The third-order valence-electron chi connectivity index (χ3n) is 10.0. The Balaban J connectivity index is 1.26. The summed E-state index contributed by atoms with van der Waals surface area (Å²) in [5, 5.41) is 2.47. The van der Waals surface area contributed by atoms with Crippen LogP contribution in [0.2, 0.25) is 0 Å². The zero-order valence-electron chi connectivity index (χ0n) is 27.7. The molecule has 0 radical (unpaired) electrons. The van der Waals surface area contributed by atoms with E-state index in [4.69, 9.17) is 9.31 Å². The van der Waals surface area contributed by atoms with Gasteiger partial charge in [-0.1, -0.05) is 105 Å². The van der Waals surface area contributed by atoms with E-state index < -0.39 is 0 Å². The predicted octanol–water partition coefficient (Wildman–Crippen LogP) is 11.0. The van der Waals surface area contributed by atoms with Crippen LogP contribution in [0.25, 0.3) is 42.4 Å². The first-order valence-corrected chi connectivity index (χ1v) is 17.5. The molecule has 2 aliphatic rings. The monoisotopic (exact) mass is 641 g/mol. The minimum absolute atomic E-state index is 0.166. The van der Waals surface area contributed by atoms with Crippen molar-refractivity contribution >= 4 is 61.2 Å². The van der Waals surface area contributed by atoms with Crippen molar-refractivity contribution in [3.63, 3.8) is 0 Å². The lowest BCUT2D eigenvalue weighted by molar-refractivity contribution is 0.137. The number of anilines is 3. The van der Waals surface area contributed by atoms with Gasteiger partial charge in [0, 0.05) is 37.0 Å². The molecule has 0 atom stereocenters. The van der Waals surface area contributed by atoms with Gasteiger partial charge in [0.25, 0.3) is 0 Å². The highest BCUT2D eigenvalue weighted by Crippen LogP contribution is 2.54. The van der Waals surface area contributed by atoms with E-state index in [1.807, 2.05) is 11.3 Å². The zero-order valence-corrected chi connectivity index (χ0v) is 28.5. The van der Waals surface area contributed by atoms with Crippen molar-refractivity contribution < 1.29 is 9.31 Å². The van der Waals surface area contributed by atoms with E-state index in [2.05, 4.69) is 166 Å². The van der Waals surface area contributed by atoms with Crippen LogP contribution in [0.5, 0.6) is 0 Å². The lowest BCUT2D eigenvalue weighted by atomic mass is 9.78. The molecule has 0 N–H and O–H groups in total. The molecule has 2 heterocycles. The molecular formula is C43H36BNO2S. The summed E-state index contributed by atoms with van der Waals surface area (Å²) in [6.45, 7) is 9.48. The summed E-state index contributed by atoms with van der Waals surface area (Å²) in [6, 6.07) is 48.9. The highest BCUT2D eigenvalue weighted by molar-refractivity contribution is 7.25. The van der Waals surface area contributed by atoms with Gasteiger partial charge < -0.3 is 14.2 Å². The number of hydrogen-bond donors (Lipinski definition) is 0. The van der Waals surface area contributed by atoms with Crippen LogP contribution in [0.3, 0.4) is 0 Å². The Kier molecular flexibility index (Phi) is 6.71. The molecule has 1 saturated heterocycles. The van der Waals surface area contributed by atoms with Gasteiger partial charge in [-0.3, -0.25) is 0 Å². The van der Waals surface area contributed by atoms with Gasteiger partial charge in [-0.05, 0) is 95.2 Å². The standard InChI is InChI=1S/C43H36BNO2S/c1-42(2)27-46-44(47-42)30-20-22-39-35(25-30)36-26-32(21-23-40(36)48-39)45(31-15-10-14-29(24-31)28-12-6-5-7-13-28)38-19-11-17-34-33-16-8-9-18-37(33)43(3,4)41(34)38/h5-26H,27H2,1-4H3. The summed E-state index contributed by atoms with van der Waals surface area (Å²) in [5.41, 5.74) is 11.8. The largest absolute Gasteiger partial charge is 0.494 e. The van der Waals surface area contributed by atoms with Crippen molar-refractivity contribution in [2.75, 3.05) is 11.5 Å². The smallest absolute Gasteiger partial charge is 0.404 e. The molecule has 1 aliphatic heterocycles. The molecule has 6 aromatic carbocycles. The maximum atomic E-state index is 6.26. The summed E-state index contributed by atoms with van der Waals surface area (Å²) in [5.74, 6) is 0. The average molecular weight is 642 g/mol. The van der Waals surface area contributed by atoms with Crippen LogP contribution in [0.15, 0.2) is 133 Å². The Bertz CT molecular complexity index is 2360. The topological polar surface area (TPSA) is 21.7 Å². The number of rotatable bonds is 5. The quantitative estimate of drug-likeness (QED) is 0.175. The van der Waals surface area contributed by atoms with Crippen molar-refractivity contribution in [3.05, 3.63) is 145 Å². The van der Waals surface area contributed by atoms with E-state index in [-0.39, 0.29) is 18.1 Å². The molecule has 0 amide bonds. The van der Waals surface area contributed by atoms with Gasteiger partial charge in [0.15, 0.2) is 0 Å². The SMILES string of the molecule is CC1(C)COB(c2ccc3sc4ccc(N(c5cccc(-c6ccccc6)c5)c5cccc6c5C(C)(C)c5ccccc5-6)cc4c3c2)O1. The van der Waals surface area contributed by atoms with E-state index in [1.54, 1.807) is 0 Å². The zero-order chi connectivity index (χ0) is 32.6. The Labute approximate surface area is 286 Å². The van der Waals surface area contributed by atoms with Crippen LogP contribution in [0.1, 0.15) is 38.8 Å². The fourth-order valence-electron chi connectivity index (χ4n) is 7.75. The first kappa shape index (κ1) is 29.5. The van der Waals surface area contributed by atoms with Crippen LogP contribution < -0.4 is 10.4 Å². The number of nitrogens with zero attached hydrogens (tertiary/aromatic N) is 1. The van der Waals surface area contributed by atoms with E-state index in [1.165, 1.54) is 59.2 Å². The molecule has 0 saturated carbocycles. The van der Waals surface area contributed by atoms with Gasteiger partial charge in [-0.25, -0.2) is 0 Å².